The summed E-state index contributed by atoms with van der Waals surface area (Å²) in [6.07, 6.45) is 0. The molecule has 0 saturated carbocycles. The molecule has 2 aromatic rings. The third-order valence-electron chi connectivity index (χ3n) is 4.10. The van der Waals surface area contributed by atoms with Gasteiger partial charge in [-0.05, 0) is 54.5 Å². The lowest BCUT2D eigenvalue weighted by atomic mass is 9.90. The minimum absolute atomic E-state index is 0.0195. The first-order chi connectivity index (χ1) is 13.0. The van der Waals surface area contributed by atoms with E-state index in [0.29, 0.717) is 27.2 Å². The average Bonchev–Trinajstić information content (AvgIpc) is 2.66. The second-order valence-corrected chi connectivity index (χ2v) is 6.74. The number of nitrogens with zero attached hydrogens (tertiary/aromatic N) is 1. The minimum Gasteiger partial charge on any atom is -0.479 e. The van der Waals surface area contributed by atoms with Crippen molar-refractivity contribution in [3.8, 4) is 11.8 Å². The van der Waals surface area contributed by atoms with Crippen molar-refractivity contribution in [2.45, 2.75) is 13.0 Å². The molecule has 0 fully saturated rings. The number of Topliss-reactive ketones (excluding diaryl/α,β-unsaturated/α-hetero) is 1. The van der Waals surface area contributed by atoms with E-state index in [4.69, 9.17) is 33.8 Å². The standard InChI is InChI=1S/C20H16ClN3O2S/c1-12(25)17-18(13-2-6-15(21)7-3-13)23-20(27)24-19(17)14-4-8-16(9-5-14)26-11-10-22/h2-9,19H,11H2,1H3,(H2,23,24,27)/t19-/m1/s1. The Balaban J connectivity index is 2.03. The zero-order valence-electron chi connectivity index (χ0n) is 14.5. The Morgan fingerprint density at radius 2 is 1.89 bits per heavy atom. The summed E-state index contributed by atoms with van der Waals surface area (Å²) in [5.41, 5.74) is 2.93. The molecule has 1 atom stereocenters. The van der Waals surface area contributed by atoms with E-state index in [2.05, 4.69) is 10.6 Å². The smallest absolute Gasteiger partial charge is 0.174 e. The first-order valence-electron chi connectivity index (χ1n) is 8.18. The summed E-state index contributed by atoms with van der Waals surface area (Å²) in [5.74, 6) is 0.514. The number of nitriles is 1. The molecular weight excluding hydrogens is 382 g/mol. The van der Waals surface area contributed by atoms with E-state index in [1.807, 2.05) is 30.3 Å². The highest BCUT2D eigenvalue weighted by atomic mass is 35.5. The molecule has 0 radical (unpaired) electrons. The number of hydrogen-bond acceptors (Lipinski definition) is 4. The summed E-state index contributed by atoms with van der Waals surface area (Å²) in [5, 5.41) is 15.9. The molecule has 2 N–H and O–H groups in total. The number of ether oxygens (including phenoxy) is 1. The molecule has 0 saturated heterocycles. The van der Waals surface area contributed by atoms with Gasteiger partial charge in [-0.3, -0.25) is 4.79 Å². The molecule has 0 unspecified atom stereocenters. The van der Waals surface area contributed by atoms with Crippen LogP contribution in [0.4, 0.5) is 0 Å². The molecule has 1 aliphatic heterocycles. The Morgan fingerprint density at radius 3 is 2.48 bits per heavy atom. The summed E-state index contributed by atoms with van der Waals surface area (Å²) in [4.78, 5) is 12.5. The SMILES string of the molecule is CC(=O)C1=C(c2ccc(Cl)cc2)NC(=S)N[C@@H]1c1ccc(OCC#N)cc1. The number of benzene rings is 2. The van der Waals surface area contributed by atoms with Crippen LogP contribution in [0.25, 0.3) is 5.70 Å². The van der Waals surface area contributed by atoms with Gasteiger partial charge in [0.1, 0.15) is 11.8 Å². The predicted octanol–water partition coefficient (Wildman–Crippen LogP) is 3.76. The molecule has 5 nitrogen and oxygen atoms in total. The van der Waals surface area contributed by atoms with E-state index in [0.717, 1.165) is 11.1 Å². The van der Waals surface area contributed by atoms with Crippen LogP contribution in [-0.2, 0) is 4.79 Å². The highest BCUT2D eigenvalue weighted by Gasteiger charge is 2.30. The second kappa shape index (κ2) is 8.21. The van der Waals surface area contributed by atoms with Crippen molar-refractivity contribution in [1.82, 2.24) is 10.6 Å². The minimum atomic E-state index is -0.396. The van der Waals surface area contributed by atoms with Crippen molar-refractivity contribution in [3.05, 3.63) is 70.3 Å². The van der Waals surface area contributed by atoms with Crippen molar-refractivity contribution in [2.24, 2.45) is 0 Å². The maximum absolute atomic E-state index is 12.5. The topological polar surface area (TPSA) is 74.2 Å². The maximum atomic E-state index is 12.5. The van der Waals surface area contributed by atoms with Crippen molar-refractivity contribution >= 4 is 40.4 Å². The summed E-state index contributed by atoms with van der Waals surface area (Å²) >= 11 is 11.3. The summed E-state index contributed by atoms with van der Waals surface area (Å²) in [7, 11) is 0. The van der Waals surface area contributed by atoms with Gasteiger partial charge in [0, 0.05) is 10.6 Å². The van der Waals surface area contributed by atoms with Crippen molar-refractivity contribution in [3.63, 3.8) is 0 Å². The Kier molecular flexibility index (Phi) is 5.75. The van der Waals surface area contributed by atoms with Gasteiger partial charge >= 0.3 is 0 Å². The molecule has 1 aliphatic rings. The Labute approximate surface area is 167 Å². The number of thiocarbonyl (C=S) groups is 1. The highest BCUT2D eigenvalue weighted by molar-refractivity contribution is 7.80. The Bertz CT molecular complexity index is 947. The van der Waals surface area contributed by atoms with E-state index < -0.39 is 6.04 Å². The molecule has 7 heteroatoms. The van der Waals surface area contributed by atoms with Gasteiger partial charge in [-0.2, -0.15) is 5.26 Å². The van der Waals surface area contributed by atoms with Crippen LogP contribution >= 0.6 is 23.8 Å². The fraction of sp³-hybridized carbons (Fsp3) is 0.150. The van der Waals surface area contributed by atoms with Crippen LogP contribution in [0.5, 0.6) is 5.75 Å². The molecule has 27 heavy (non-hydrogen) atoms. The summed E-state index contributed by atoms with van der Waals surface area (Å²) < 4.78 is 5.28. The predicted molar refractivity (Wildman–Crippen MR) is 108 cm³/mol. The third-order valence-corrected chi connectivity index (χ3v) is 4.57. The fourth-order valence-electron chi connectivity index (χ4n) is 2.91. The number of rotatable bonds is 5. The molecule has 1 heterocycles. The van der Waals surface area contributed by atoms with Gasteiger partial charge < -0.3 is 15.4 Å². The van der Waals surface area contributed by atoms with E-state index >= 15 is 0 Å². The van der Waals surface area contributed by atoms with Gasteiger partial charge in [0.05, 0.1) is 11.7 Å². The van der Waals surface area contributed by atoms with Gasteiger partial charge in [0.2, 0.25) is 0 Å². The normalized spacial score (nSPS) is 16.2. The van der Waals surface area contributed by atoms with Crippen LogP contribution in [0.1, 0.15) is 24.1 Å². The van der Waals surface area contributed by atoms with Crippen molar-refractivity contribution in [2.75, 3.05) is 6.61 Å². The van der Waals surface area contributed by atoms with Gasteiger partial charge in [-0.25, -0.2) is 0 Å². The number of hydrogen-bond donors (Lipinski definition) is 2. The molecule has 136 valence electrons. The highest BCUT2D eigenvalue weighted by Crippen LogP contribution is 2.32. The fourth-order valence-corrected chi connectivity index (χ4v) is 3.26. The summed E-state index contributed by atoms with van der Waals surface area (Å²) in [6.45, 7) is 1.51. The van der Waals surface area contributed by atoms with Gasteiger partial charge in [0.15, 0.2) is 17.5 Å². The maximum Gasteiger partial charge on any atom is 0.174 e. The Hall–Kier alpha value is -2.88. The summed E-state index contributed by atoms with van der Waals surface area (Å²) in [6, 6.07) is 16.0. The second-order valence-electron chi connectivity index (χ2n) is 5.90. The number of halogens is 1. The first-order valence-corrected chi connectivity index (χ1v) is 8.96. The third kappa shape index (κ3) is 4.27. The lowest BCUT2D eigenvalue weighted by Gasteiger charge is -2.31. The van der Waals surface area contributed by atoms with E-state index in [1.165, 1.54) is 6.92 Å². The zero-order chi connectivity index (χ0) is 19.4. The number of carbonyl (C=O) groups is 1. The van der Waals surface area contributed by atoms with E-state index in [9.17, 15) is 4.79 Å². The monoisotopic (exact) mass is 397 g/mol. The number of carbonyl (C=O) groups excluding carboxylic acids is 1. The van der Waals surface area contributed by atoms with Crippen LogP contribution in [-0.4, -0.2) is 17.5 Å². The molecule has 3 rings (SSSR count). The molecule has 2 aromatic carbocycles. The van der Waals surface area contributed by atoms with Crippen LogP contribution in [0, 0.1) is 11.3 Å². The molecule has 0 amide bonds. The van der Waals surface area contributed by atoms with Crippen molar-refractivity contribution in [1.29, 1.82) is 5.26 Å². The van der Waals surface area contributed by atoms with Gasteiger partial charge in [-0.1, -0.05) is 35.9 Å². The molecule has 0 aromatic heterocycles. The lowest BCUT2D eigenvalue weighted by molar-refractivity contribution is -0.113. The molecule has 0 spiro atoms. The van der Waals surface area contributed by atoms with Crippen LogP contribution in [0.15, 0.2) is 54.1 Å². The average molecular weight is 398 g/mol. The van der Waals surface area contributed by atoms with Gasteiger partial charge in [0.25, 0.3) is 0 Å². The number of ketones is 1. The lowest BCUT2D eigenvalue weighted by Crippen LogP contribution is -2.44. The van der Waals surface area contributed by atoms with Crippen LogP contribution in [0.3, 0.4) is 0 Å². The first kappa shape index (κ1) is 18.9. The van der Waals surface area contributed by atoms with E-state index in [-0.39, 0.29) is 12.4 Å². The zero-order valence-corrected chi connectivity index (χ0v) is 16.0. The van der Waals surface area contributed by atoms with Gasteiger partial charge in [-0.15, -0.1) is 0 Å². The van der Waals surface area contributed by atoms with Crippen LogP contribution < -0.4 is 15.4 Å². The number of nitrogens with one attached hydrogen (secondary N) is 2. The largest absolute Gasteiger partial charge is 0.479 e. The van der Waals surface area contributed by atoms with E-state index in [1.54, 1.807) is 24.3 Å². The quantitative estimate of drug-likeness (QED) is 0.748. The molecular formula is C20H16ClN3O2S. The molecule has 0 aliphatic carbocycles. The van der Waals surface area contributed by atoms with Crippen molar-refractivity contribution < 1.29 is 9.53 Å². The molecule has 0 bridgehead atoms. The Morgan fingerprint density at radius 1 is 1.22 bits per heavy atom. The van der Waals surface area contributed by atoms with Crippen LogP contribution in [0.2, 0.25) is 5.02 Å².